The molecular weight excluding hydrogens is 755 g/mol. The predicted molar refractivity (Wildman–Crippen MR) is 255 cm³/mol. The van der Waals surface area contributed by atoms with Gasteiger partial charge in [-0.05, 0) is 120 Å². The maximum Gasteiger partial charge on any atom is 0.0741 e. The van der Waals surface area contributed by atoms with E-state index in [4.69, 9.17) is 0 Å². The first-order valence-corrected chi connectivity index (χ1v) is 22.4. The smallest absolute Gasteiger partial charge is 0.0741 e. The van der Waals surface area contributed by atoms with Crippen LogP contribution in [0.3, 0.4) is 0 Å². The van der Waals surface area contributed by atoms with Crippen LogP contribution in [0.1, 0.15) is 72.2 Å². The number of anilines is 3. The van der Waals surface area contributed by atoms with Crippen molar-refractivity contribution in [2.45, 2.75) is 53.7 Å². The summed E-state index contributed by atoms with van der Waals surface area (Å²) in [5, 5.41) is 2.53. The summed E-state index contributed by atoms with van der Waals surface area (Å²) in [5.41, 5.74) is 21.8. The summed E-state index contributed by atoms with van der Waals surface area (Å²) < 4.78 is 0. The van der Waals surface area contributed by atoms with Gasteiger partial charge in [-0.15, -0.1) is 0 Å². The van der Waals surface area contributed by atoms with E-state index in [1.807, 2.05) is 11.8 Å². The fourth-order valence-electron chi connectivity index (χ4n) is 12.0. The number of rotatable bonds is 3. The molecule has 1 spiro atoms. The highest BCUT2D eigenvalue weighted by Crippen LogP contribution is 2.64. The average Bonchev–Trinajstić information content (AvgIpc) is 3.81. The molecule has 290 valence electrons. The fraction of sp³-hybridized carbons (Fsp3) is 0.119. The van der Waals surface area contributed by atoms with Gasteiger partial charge in [-0.3, -0.25) is 0 Å². The Hall–Kier alpha value is -6.61. The summed E-state index contributed by atoms with van der Waals surface area (Å²) >= 11 is 1.93. The molecule has 2 heteroatoms. The van der Waals surface area contributed by atoms with Gasteiger partial charge in [-0.1, -0.05) is 191 Å². The number of hydrogen-bond donors (Lipinski definition) is 0. The van der Waals surface area contributed by atoms with Crippen LogP contribution in [0.15, 0.2) is 198 Å². The highest BCUT2D eigenvalue weighted by atomic mass is 32.2. The van der Waals surface area contributed by atoms with Crippen LogP contribution in [-0.2, 0) is 16.2 Å². The second kappa shape index (κ2) is 12.2. The lowest BCUT2D eigenvalue weighted by Gasteiger charge is -2.41. The molecular formula is C59H43NS. The summed E-state index contributed by atoms with van der Waals surface area (Å²) in [6.45, 7) is 9.56. The van der Waals surface area contributed by atoms with Crippen LogP contribution in [0.5, 0.6) is 0 Å². The molecule has 0 saturated heterocycles. The van der Waals surface area contributed by atoms with Crippen molar-refractivity contribution < 1.29 is 0 Å². The summed E-state index contributed by atoms with van der Waals surface area (Å²) in [6.07, 6.45) is 0. The third-order valence-electron chi connectivity index (χ3n) is 14.7. The molecule has 1 heterocycles. The molecule has 0 amide bonds. The number of benzene rings is 9. The third kappa shape index (κ3) is 4.48. The topological polar surface area (TPSA) is 3.24 Å². The van der Waals surface area contributed by atoms with Gasteiger partial charge in [0.2, 0.25) is 0 Å². The highest BCUT2D eigenvalue weighted by molar-refractivity contribution is 7.99. The first-order valence-electron chi connectivity index (χ1n) is 21.6. The van der Waals surface area contributed by atoms with E-state index in [0.29, 0.717) is 0 Å². The van der Waals surface area contributed by atoms with Crippen molar-refractivity contribution in [2.24, 2.45) is 0 Å². The standard InChI is InChI=1S/C59H43NS/c1-57(2)46-23-11-7-17-38(46)42-31-29-36(33-51(42)57)60(37-30-32-43-39-18-8-12-24-47(39)58(3,4)52(43)34-37)53-35-55-56(45-22-6-5-21-44(45)53)59(50-27-15-16-28-54(50)61-55)48-25-13-9-19-40(48)41-20-10-14-26-49(41)59/h5-35H,1-4H3. The van der Waals surface area contributed by atoms with Gasteiger partial charge in [-0.25, -0.2) is 0 Å². The van der Waals surface area contributed by atoms with Crippen LogP contribution in [0.4, 0.5) is 17.1 Å². The molecule has 3 aliphatic carbocycles. The van der Waals surface area contributed by atoms with Crippen molar-refractivity contribution in [1.82, 2.24) is 0 Å². The average molecular weight is 798 g/mol. The number of nitrogens with zero attached hydrogens (tertiary/aromatic N) is 1. The van der Waals surface area contributed by atoms with E-state index in [0.717, 1.165) is 0 Å². The van der Waals surface area contributed by atoms with Crippen LogP contribution in [0.2, 0.25) is 0 Å². The van der Waals surface area contributed by atoms with E-state index in [-0.39, 0.29) is 10.8 Å². The summed E-state index contributed by atoms with van der Waals surface area (Å²) in [5.74, 6) is 0. The van der Waals surface area contributed by atoms with Crippen LogP contribution in [0, 0.1) is 0 Å². The summed E-state index contributed by atoms with van der Waals surface area (Å²) in [7, 11) is 0. The Morgan fingerprint density at radius 1 is 0.344 bits per heavy atom. The van der Waals surface area contributed by atoms with Crippen molar-refractivity contribution in [2.75, 3.05) is 4.90 Å². The predicted octanol–water partition coefficient (Wildman–Crippen LogP) is 15.7. The largest absolute Gasteiger partial charge is 0.310 e. The number of fused-ring (bicyclic) bond motifs is 17. The Bertz CT molecular complexity index is 3210. The molecule has 0 saturated carbocycles. The van der Waals surface area contributed by atoms with Crippen LogP contribution < -0.4 is 4.90 Å². The summed E-state index contributed by atoms with van der Waals surface area (Å²) in [4.78, 5) is 5.18. The molecule has 9 aromatic carbocycles. The van der Waals surface area contributed by atoms with E-state index in [1.54, 1.807) is 0 Å². The molecule has 0 unspecified atom stereocenters. The van der Waals surface area contributed by atoms with Gasteiger partial charge < -0.3 is 4.90 Å². The Balaban J connectivity index is 1.12. The minimum absolute atomic E-state index is 0.137. The van der Waals surface area contributed by atoms with Gasteiger partial charge in [0.05, 0.1) is 11.1 Å². The van der Waals surface area contributed by atoms with E-state index in [9.17, 15) is 0 Å². The maximum absolute atomic E-state index is 2.57. The lowest BCUT2D eigenvalue weighted by Crippen LogP contribution is -2.32. The second-order valence-corrected chi connectivity index (χ2v) is 19.5. The van der Waals surface area contributed by atoms with E-state index < -0.39 is 5.41 Å². The molecule has 0 N–H and O–H groups in total. The van der Waals surface area contributed by atoms with Gasteiger partial charge in [0.1, 0.15) is 0 Å². The SMILES string of the molecule is CC1(C)c2ccccc2-c2ccc(N(c3ccc4c(c3)C(C)(C)c3ccccc3-4)c3cc4c(c5ccccc35)C3(c5ccccc5S4)c4ccccc4-c4ccccc43)cc21. The summed E-state index contributed by atoms with van der Waals surface area (Å²) in [6, 6.07) is 71.6. The minimum Gasteiger partial charge on any atom is -0.310 e. The minimum atomic E-state index is -0.472. The fourth-order valence-corrected chi connectivity index (χ4v) is 13.2. The zero-order valence-electron chi connectivity index (χ0n) is 34.8. The zero-order valence-corrected chi connectivity index (χ0v) is 35.6. The molecule has 0 atom stereocenters. The molecule has 13 rings (SSSR count). The molecule has 4 aliphatic rings. The first kappa shape index (κ1) is 35.2. The van der Waals surface area contributed by atoms with Crippen LogP contribution in [-0.4, -0.2) is 0 Å². The van der Waals surface area contributed by atoms with Gasteiger partial charge in [0, 0.05) is 37.4 Å². The maximum atomic E-state index is 2.57. The van der Waals surface area contributed by atoms with Crippen molar-refractivity contribution >= 4 is 39.6 Å². The lowest BCUT2D eigenvalue weighted by atomic mass is 9.66. The van der Waals surface area contributed by atoms with Gasteiger partial charge >= 0.3 is 0 Å². The number of hydrogen-bond acceptors (Lipinski definition) is 2. The molecule has 61 heavy (non-hydrogen) atoms. The van der Waals surface area contributed by atoms with E-state index in [1.165, 1.54) is 116 Å². The van der Waals surface area contributed by atoms with Crippen molar-refractivity contribution in [3.8, 4) is 33.4 Å². The molecule has 0 bridgehead atoms. The van der Waals surface area contributed by atoms with E-state index in [2.05, 4.69) is 221 Å². The van der Waals surface area contributed by atoms with Crippen LogP contribution in [0.25, 0.3) is 44.2 Å². The first-order chi connectivity index (χ1) is 29.8. The highest BCUT2D eigenvalue weighted by Gasteiger charge is 2.51. The normalized spacial score (nSPS) is 15.9. The monoisotopic (exact) mass is 797 g/mol. The quantitative estimate of drug-likeness (QED) is 0.175. The second-order valence-electron chi connectivity index (χ2n) is 18.4. The molecule has 1 aliphatic heterocycles. The van der Waals surface area contributed by atoms with E-state index >= 15 is 0 Å². The van der Waals surface area contributed by atoms with Crippen molar-refractivity contribution in [1.29, 1.82) is 0 Å². The zero-order chi connectivity index (χ0) is 40.8. The van der Waals surface area contributed by atoms with Crippen LogP contribution >= 0.6 is 11.8 Å². The molecule has 0 aromatic heterocycles. The Morgan fingerprint density at radius 3 is 1.30 bits per heavy atom. The van der Waals surface area contributed by atoms with Gasteiger partial charge in [-0.2, -0.15) is 0 Å². The van der Waals surface area contributed by atoms with Crippen molar-refractivity contribution in [3.05, 3.63) is 233 Å². The Kier molecular flexibility index (Phi) is 7.06. The molecule has 0 radical (unpaired) electrons. The third-order valence-corrected chi connectivity index (χ3v) is 15.8. The lowest BCUT2D eigenvalue weighted by molar-refractivity contribution is 0.660. The van der Waals surface area contributed by atoms with Gasteiger partial charge in [0.15, 0.2) is 0 Å². The van der Waals surface area contributed by atoms with Gasteiger partial charge in [0.25, 0.3) is 0 Å². The Labute approximate surface area is 362 Å². The molecule has 9 aromatic rings. The molecule has 0 fully saturated rings. The van der Waals surface area contributed by atoms with Crippen molar-refractivity contribution in [3.63, 3.8) is 0 Å². The Morgan fingerprint density at radius 2 is 0.754 bits per heavy atom. The molecule has 1 nitrogen and oxygen atoms in total.